The molecule has 24 heavy (non-hydrogen) atoms. The standard InChI is InChI=1S/C19H22N2O3/c22-17-12-7-6-11-16(17)19(24)20-14-8-2-5-13-18(23)21-15-9-3-1-4-10-15/h1,3-4,6-7,9-12,22H,2,5,8,13-14H2,(H,20,24)(H,21,23). The van der Waals surface area contributed by atoms with E-state index in [1.165, 1.54) is 6.07 Å². The molecule has 0 radical (unpaired) electrons. The number of hydrogen-bond acceptors (Lipinski definition) is 3. The molecule has 0 saturated heterocycles. The van der Waals surface area contributed by atoms with Crippen molar-refractivity contribution >= 4 is 17.5 Å². The minimum atomic E-state index is -0.282. The van der Waals surface area contributed by atoms with Gasteiger partial charge in [0.05, 0.1) is 5.56 Å². The van der Waals surface area contributed by atoms with E-state index in [4.69, 9.17) is 0 Å². The van der Waals surface area contributed by atoms with Gasteiger partial charge in [0.25, 0.3) is 5.91 Å². The molecular weight excluding hydrogens is 304 g/mol. The Balaban J connectivity index is 1.58. The Bertz CT molecular complexity index is 671. The van der Waals surface area contributed by atoms with Crippen molar-refractivity contribution in [2.45, 2.75) is 25.7 Å². The number of hydrogen-bond donors (Lipinski definition) is 3. The molecule has 0 heterocycles. The summed E-state index contributed by atoms with van der Waals surface area (Å²) in [5.41, 5.74) is 1.08. The maximum absolute atomic E-state index is 11.9. The molecule has 0 aliphatic rings. The van der Waals surface area contributed by atoms with Crippen molar-refractivity contribution in [1.82, 2.24) is 5.32 Å². The molecule has 2 aromatic rings. The number of carbonyl (C=O) groups excluding carboxylic acids is 2. The number of phenols is 1. The molecule has 0 aromatic heterocycles. The molecule has 0 aliphatic heterocycles. The molecular formula is C19H22N2O3. The summed E-state index contributed by atoms with van der Waals surface area (Å²) >= 11 is 0. The molecule has 0 spiro atoms. The summed E-state index contributed by atoms with van der Waals surface area (Å²) in [5, 5.41) is 15.2. The van der Waals surface area contributed by atoms with Crippen molar-refractivity contribution in [3.8, 4) is 5.75 Å². The largest absolute Gasteiger partial charge is 0.507 e. The Labute approximate surface area is 141 Å². The van der Waals surface area contributed by atoms with Crippen molar-refractivity contribution < 1.29 is 14.7 Å². The van der Waals surface area contributed by atoms with Gasteiger partial charge < -0.3 is 15.7 Å². The predicted molar refractivity (Wildman–Crippen MR) is 94.0 cm³/mol. The second kappa shape index (κ2) is 9.35. The highest BCUT2D eigenvalue weighted by Gasteiger charge is 2.09. The van der Waals surface area contributed by atoms with Gasteiger partial charge in [0.1, 0.15) is 5.75 Å². The Morgan fingerprint density at radius 3 is 2.33 bits per heavy atom. The van der Waals surface area contributed by atoms with Crippen LogP contribution in [0.15, 0.2) is 54.6 Å². The maximum atomic E-state index is 11.9. The SMILES string of the molecule is O=C(CCCCCNC(=O)c1ccccc1O)Nc1ccccc1. The molecule has 0 unspecified atom stereocenters. The van der Waals surface area contributed by atoms with Gasteiger partial charge in [-0.25, -0.2) is 0 Å². The second-order valence-corrected chi connectivity index (χ2v) is 5.50. The van der Waals surface area contributed by atoms with Gasteiger partial charge >= 0.3 is 0 Å². The molecule has 0 atom stereocenters. The summed E-state index contributed by atoms with van der Waals surface area (Å²) in [7, 11) is 0. The van der Waals surface area contributed by atoms with Crippen LogP contribution >= 0.6 is 0 Å². The number of anilines is 1. The van der Waals surface area contributed by atoms with Gasteiger partial charge in [0.15, 0.2) is 0 Å². The van der Waals surface area contributed by atoms with Gasteiger partial charge in [-0.05, 0) is 37.1 Å². The number of carbonyl (C=O) groups is 2. The van der Waals surface area contributed by atoms with E-state index in [9.17, 15) is 14.7 Å². The zero-order chi connectivity index (χ0) is 17.2. The number of phenolic OH excluding ortho intramolecular Hbond substituents is 1. The van der Waals surface area contributed by atoms with Crippen molar-refractivity contribution in [3.05, 3.63) is 60.2 Å². The van der Waals surface area contributed by atoms with E-state index < -0.39 is 0 Å². The summed E-state index contributed by atoms with van der Waals surface area (Å²) in [5.74, 6) is -0.304. The number of nitrogens with one attached hydrogen (secondary N) is 2. The first-order valence-corrected chi connectivity index (χ1v) is 8.08. The van der Waals surface area contributed by atoms with Gasteiger partial charge in [-0.1, -0.05) is 36.8 Å². The fraction of sp³-hybridized carbons (Fsp3) is 0.263. The number of benzene rings is 2. The molecule has 2 amide bonds. The first-order valence-electron chi connectivity index (χ1n) is 8.08. The highest BCUT2D eigenvalue weighted by Crippen LogP contribution is 2.15. The van der Waals surface area contributed by atoms with Crippen LogP contribution in [0, 0.1) is 0 Å². The molecule has 0 aliphatic carbocycles. The molecule has 0 saturated carbocycles. The second-order valence-electron chi connectivity index (χ2n) is 5.50. The average molecular weight is 326 g/mol. The third kappa shape index (κ3) is 5.76. The van der Waals surface area contributed by atoms with Crippen molar-refractivity contribution in [2.75, 3.05) is 11.9 Å². The topological polar surface area (TPSA) is 78.4 Å². The molecule has 2 aromatic carbocycles. The molecule has 126 valence electrons. The van der Waals surface area contributed by atoms with E-state index in [0.717, 1.165) is 24.9 Å². The van der Waals surface area contributed by atoms with Crippen LogP contribution in [0.4, 0.5) is 5.69 Å². The summed E-state index contributed by atoms with van der Waals surface area (Å²) < 4.78 is 0. The average Bonchev–Trinajstić information content (AvgIpc) is 2.59. The summed E-state index contributed by atoms with van der Waals surface area (Å²) in [6.07, 6.45) is 2.87. The zero-order valence-corrected chi connectivity index (χ0v) is 13.5. The summed E-state index contributed by atoms with van der Waals surface area (Å²) in [6.45, 7) is 0.521. The van der Waals surface area contributed by atoms with Gasteiger partial charge in [-0.2, -0.15) is 0 Å². The van der Waals surface area contributed by atoms with E-state index in [2.05, 4.69) is 10.6 Å². The van der Waals surface area contributed by atoms with Crippen molar-refractivity contribution in [2.24, 2.45) is 0 Å². The highest BCUT2D eigenvalue weighted by molar-refractivity contribution is 5.96. The van der Waals surface area contributed by atoms with Gasteiger partial charge in [-0.3, -0.25) is 9.59 Å². The lowest BCUT2D eigenvalue weighted by Gasteiger charge is -2.07. The normalized spacial score (nSPS) is 10.2. The predicted octanol–water partition coefficient (Wildman–Crippen LogP) is 3.32. The lowest BCUT2D eigenvalue weighted by molar-refractivity contribution is -0.116. The van der Waals surface area contributed by atoms with Crippen LogP contribution in [0.2, 0.25) is 0 Å². The third-order valence-corrected chi connectivity index (χ3v) is 3.57. The zero-order valence-electron chi connectivity index (χ0n) is 13.5. The van der Waals surface area contributed by atoms with Crippen LogP contribution in [0.5, 0.6) is 5.75 Å². The molecule has 5 nitrogen and oxygen atoms in total. The Morgan fingerprint density at radius 1 is 0.875 bits per heavy atom. The van der Waals surface area contributed by atoms with Crippen LogP contribution in [-0.4, -0.2) is 23.5 Å². The smallest absolute Gasteiger partial charge is 0.255 e. The third-order valence-electron chi connectivity index (χ3n) is 3.57. The minimum Gasteiger partial charge on any atom is -0.507 e. The number of amides is 2. The Hall–Kier alpha value is -2.82. The number of aromatic hydroxyl groups is 1. The van der Waals surface area contributed by atoms with Crippen LogP contribution in [-0.2, 0) is 4.79 Å². The van der Waals surface area contributed by atoms with E-state index in [0.29, 0.717) is 13.0 Å². The van der Waals surface area contributed by atoms with E-state index >= 15 is 0 Å². The van der Waals surface area contributed by atoms with E-state index in [-0.39, 0.29) is 23.1 Å². The Kier molecular flexibility index (Phi) is 6.83. The summed E-state index contributed by atoms with van der Waals surface area (Å²) in [6, 6.07) is 15.8. The quantitative estimate of drug-likeness (QED) is 0.651. The maximum Gasteiger partial charge on any atom is 0.255 e. The molecule has 0 bridgehead atoms. The molecule has 0 fully saturated rings. The van der Waals surface area contributed by atoms with Crippen LogP contribution in [0.25, 0.3) is 0 Å². The number of rotatable bonds is 8. The first-order chi connectivity index (χ1) is 11.7. The Morgan fingerprint density at radius 2 is 1.58 bits per heavy atom. The van der Waals surface area contributed by atoms with Gasteiger partial charge in [0.2, 0.25) is 5.91 Å². The number of para-hydroxylation sites is 2. The fourth-order valence-corrected chi connectivity index (χ4v) is 2.30. The van der Waals surface area contributed by atoms with Crippen molar-refractivity contribution in [3.63, 3.8) is 0 Å². The van der Waals surface area contributed by atoms with Gasteiger partial charge in [-0.15, -0.1) is 0 Å². The van der Waals surface area contributed by atoms with Crippen LogP contribution in [0.3, 0.4) is 0 Å². The molecule has 2 rings (SSSR count). The number of unbranched alkanes of at least 4 members (excludes halogenated alkanes) is 2. The fourth-order valence-electron chi connectivity index (χ4n) is 2.30. The lowest BCUT2D eigenvalue weighted by Crippen LogP contribution is -2.24. The monoisotopic (exact) mass is 326 g/mol. The molecule has 3 N–H and O–H groups in total. The van der Waals surface area contributed by atoms with E-state index in [1.54, 1.807) is 18.2 Å². The summed E-state index contributed by atoms with van der Waals surface area (Å²) in [4.78, 5) is 23.6. The lowest BCUT2D eigenvalue weighted by atomic mass is 10.1. The van der Waals surface area contributed by atoms with E-state index in [1.807, 2.05) is 30.3 Å². The molecule has 5 heteroatoms. The van der Waals surface area contributed by atoms with Crippen molar-refractivity contribution in [1.29, 1.82) is 0 Å². The van der Waals surface area contributed by atoms with Gasteiger partial charge in [0, 0.05) is 18.7 Å². The van der Waals surface area contributed by atoms with Crippen LogP contribution in [0.1, 0.15) is 36.0 Å². The first kappa shape index (κ1) is 17.5. The highest BCUT2D eigenvalue weighted by atomic mass is 16.3. The van der Waals surface area contributed by atoms with Crippen LogP contribution < -0.4 is 10.6 Å². The minimum absolute atomic E-state index is 0.000515.